The number of fused-ring (bicyclic) bond motifs is 1. The number of hydrogen-bond donors (Lipinski definition) is 2. The number of rotatable bonds is 4. The van der Waals surface area contributed by atoms with Crippen molar-refractivity contribution < 1.29 is 19.8 Å². The molecule has 2 amide bonds. The van der Waals surface area contributed by atoms with E-state index in [-0.39, 0.29) is 23.3 Å². The van der Waals surface area contributed by atoms with Crippen LogP contribution in [-0.2, 0) is 9.59 Å². The van der Waals surface area contributed by atoms with E-state index in [0.29, 0.717) is 46.8 Å². The second-order valence-corrected chi connectivity index (χ2v) is 6.64. The van der Waals surface area contributed by atoms with E-state index in [9.17, 15) is 19.8 Å². The second kappa shape index (κ2) is 6.56. The Balaban J connectivity index is 2.00. The number of benzene rings is 2. The van der Waals surface area contributed by atoms with E-state index in [2.05, 4.69) is 0 Å². The molecule has 142 valence electrons. The summed E-state index contributed by atoms with van der Waals surface area (Å²) in [5, 5.41) is 19.2. The third kappa shape index (κ3) is 2.49. The third-order valence-corrected chi connectivity index (χ3v) is 5.10. The van der Waals surface area contributed by atoms with Crippen molar-refractivity contribution in [3.63, 3.8) is 0 Å². The van der Waals surface area contributed by atoms with Gasteiger partial charge in [-0.15, -0.1) is 0 Å². The van der Waals surface area contributed by atoms with E-state index in [1.807, 2.05) is 13.8 Å². The normalized spacial score (nSPS) is 16.5. The van der Waals surface area contributed by atoms with Gasteiger partial charge in [-0.2, -0.15) is 0 Å². The molecule has 2 aromatic carbocycles. The highest BCUT2D eigenvalue weighted by Crippen LogP contribution is 2.46. The van der Waals surface area contributed by atoms with Gasteiger partial charge in [0.05, 0.1) is 22.5 Å². The van der Waals surface area contributed by atoms with Gasteiger partial charge >= 0.3 is 0 Å². The van der Waals surface area contributed by atoms with Gasteiger partial charge < -0.3 is 20.0 Å². The van der Waals surface area contributed by atoms with Crippen molar-refractivity contribution in [1.29, 1.82) is 0 Å². The molecule has 0 aliphatic carbocycles. The summed E-state index contributed by atoms with van der Waals surface area (Å²) in [4.78, 5) is 29.7. The maximum atomic E-state index is 13.3. The van der Waals surface area contributed by atoms with Crippen LogP contribution < -0.4 is 0 Å². The highest BCUT2D eigenvalue weighted by Gasteiger charge is 2.47. The van der Waals surface area contributed by atoms with E-state index in [0.717, 1.165) is 0 Å². The Hall–Kier alpha value is -3.54. The van der Waals surface area contributed by atoms with Crippen LogP contribution in [0.2, 0.25) is 0 Å². The van der Waals surface area contributed by atoms with Gasteiger partial charge in [0.1, 0.15) is 11.5 Å². The molecule has 2 aromatic rings. The van der Waals surface area contributed by atoms with Crippen molar-refractivity contribution in [3.8, 4) is 11.5 Å². The summed E-state index contributed by atoms with van der Waals surface area (Å²) in [6.45, 7) is 4.57. The van der Waals surface area contributed by atoms with Crippen LogP contribution in [0.3, 0.4) is 0 Å². The van der Waals surface area contributed by atoms with Crippen molar-refractivity contribution >= 4 is 23.2 Å². The molecule has 0 aromatic heterocycles. The minimum atomic E-state index is -0.215. The Morgan fingerprint density at radius 2 is 0.964 bits per heavy atom. The molecule has 4 rings (SSSR count). The molecule has 2 aliphatic rings. The zero-order chi connectivity index (χ0) is 20.0. The molecular formula is C22H20N2O4. The van der Waals surface area contributed by atoms with Crippen molar-refractivity contribution in [3.05, 3.63) is 70.8 Å². The number of nitrogens with zero attached hydrogens (tertiary/aromatic N) is 2. The van der Waals surface area contributed by atoms with E-state index in [1.165, 1.54) is 0 Å². The number of carbonyl (C=O) groups excluding carboxylic acids is 2. The van der Waals surface area contributed by atoms with Crippen LogP contribution in [0.25, 0.3) is 11.4 Å². The van der Waals surface area contributed by atoms with E-state index in [4.69, 9.17) is 0 Å². The van der Waals surface area contributed by atoms with Crippen molar-refractivity contribution in [2.24, 2.45) is 0 Å². The number of hydrogen-bond acceptors (Lipinski definition) is 4. The Labute approximate surface area is 162 Å². The summed E-state index contributed by atoms with van der Waals surface area (Å²) in [7, 11) is 0. The molecule has 0 unspecified atom stereocenters. The maximum Gasteiger partial charge on any atom is 0.261 e. The summed E-state index contributed by atoms with van der Waals surface area (Å²) < 4.78 is 0. The average molecular weight is 376 g/mol. The molecule has 2 heterocycles. The first-order chi connectivity index (χ1) is 13.5. The van der Waals surface area contributed by atoms with Gasteiger partial charge in [-0.25, -0.2) is 0 Å². The van der Waals surface area contributed by atoms with Gasteiger partial charge in [0.15, 0.2) is 0 Å². The molecule has 6 heteroatoms. The predicted molar refractivity (Wildman–Crippen MR) is 105 cm³/mol. The first kappa shape index (κ1) is 17.9. The quantitative estimate of drug-likeness (QED) is 0.860. The zero-order valence-corrected chi connectivity index (χ0v) is 15.6. The van der Waals surface area contributed by atoms with Gasteiger partial charge in [-0.3, -0.25) is 9.59 Å². The number of aromatic hydroxyl groups is 2. The van der Waals surface area contributed by atoms with Crippen LogP contribution in [0.5, 0.6) is 11.5 Å². The topological polar surface area (TPSA) is 81.1 Å². The summed E-state index contributed by atoms with van der Waals surface area (Å²) >= 11 is 0. The lowest BCUT2D eigenvalue weighted by molar-refractivity contribution is -0.124. The van der Waals surface area contributed by atoms with Gasteiger partial charge in [-0.05, 0) is 73.5 Å². The van der Waals surface area contributed by atoms with Gasteiger partial charge in [0.2, 0.25) is 0 Å². The van der Waals surface area contributed by atoms with Crippen LogP contribution >= 0.6 is 0 Å². The van der Waals surface area contributed by atoms with Gasteiger partial charge in [-0.1, -0.05) is 0 Å². The Morgan fingerprint density at radius 3 is 1.25 bits per heavy atom. The molecule has 0 radical (unpaired) electrons. The zero-order valence-electron chi connectivity index (χ0n) is 15.6. The van der Waals surface area contributed by atoms with Crippen LogP contribution in [0, 0.1) is 0 Å². The standard InChI is InChI=1S/C22H20N2O4/c1-3-23-19(13-5-9-15(25)10-6-13)17-18(21(23)27)20(24(4-2)22(17)28)14-7-11-16(26)12-8-14/h5-12,25-26H,3-4H2,1-2H3. The van der Waals surface area contributed by atoms with E-state index < -0.39 is 0 Å². The van der Waals surface area contributed by atoms with Crippen molar-refractivity contribution in [2.45, 2.75) is 13.8 Å². The average Bonchev–Trinajstić information content (AvgIpc) is 3.15. The Morgan fingerprint density at radius 1 is 0.643 bits per heavy atom. The van der Waals surface area contributed by atoms with Gasteiger partial charge in [0, 0.05) is 13.1 Å². The van der Waals surface area contributed by atoms with Gasteiger partial charge in [0.25, 0.3) is 11.8 Å². The Kier molecular flexibility index (Phi) is 4.19. The summed E-state index contributed by atoms with van der Waals surface area (Å²) in [6, 6.07) is 13.0. The van der Waals surface area contributed by atoms with E-state index in [1.54, 1.807) is 58.3 Å². The minimum Gasteiger partial charge on any atom is -0.508 e. The fourth-order valence-corrected chi connectivity index (χ4v) is 3.84. The summed E-state index contributed by atoms with van der Waals surface area (Å²) in [5.41, 5.74) is 3.33. The minimum absolute atomic E-state index is 0.121. The smallest absolute Gasteiger partial charge is 0.261 e. The molecule has 2 aliphatic heterocycles. The van der Waals surface area contributed by atoms with Crippen LogP contribution in [-0.4, -0.2) is 44.9 Å². The largest absolute Gasteiger partial charge is 0.508 e. The number of phenols is 2. The third-order valence-electron chi connectivity index (χ3n) is 5.10. The molecule has 0 fully saturated rings. The first-order valence-corrected chi connectivity index (χ1v) is 9.19. The second-order valence-electron chi connectivity index (χ2n) is 6.64. The molecule has 0 saturated heterocycles. The number of likely N-dealkylation sites (N-methyl/N-ethyl adjacent to an activating group) is 2. The molecule has 0 bridgehead atoms. The SMILES string of the molecule is CCN1C(=O)C2=C(c3ccc(O)cc3)N(CC)C(=O)C2=C1c1ccc(O)cc1. The fraction of sp³-hybridized carbons (Fsp3) is 0.182. The molecule has 0 saturated carbocycles. The first-order valence-electron chi connectivity index (χ1n) is 9.19. The van der Waals surface area contributed by atoms with Crippen LogP contribution in [0.1, 0.15) is 25.0 Å². The molecule has 2 N–H and O–H groups in total. The predicted octanol–water partition coefficient (Wildman–Crippen LogP) is 2.94. The van der Waals surface area contributed by atoms with Crippen LogP contribution in [0.15, 0.2) is 59.7 Å². The number of carbonyl (C=O) groups is 2. The van der Waals surface area contributed by atoms with Crippen molar-refractivity contribution in [2.75, 3.05) is 13.1 Å². The highest BCUT2D eigenvalue weighted by molar-refractivity contribution is 6.30. The Bertz CT molecular complexity index is 948. The lowest BCUT2D eigenvalue weighted by atomic mass is 10.0. The fourth-order valence-electron chi connectivity index (χ4n) is 3.84. The summed E-state index contributed by atoms with van der Waals surface area (Å²) in [5.74, 6) is -0.189. The maximum absolute atomic E-state index is 13.3. The summed E-state index contributed by atoms with van der Waals surface area (Å²) in [6.07, 6.45) is 0. The molecular weight excluding hydrogens is 356 g/mol. The van der Waals surface area contributed by atoms with E-state index >= 15 is 0 Å². The number of amides is 2. The molecule has 6 nitrogen and oxygen atoms in total. The van der Waals surface area contributed by atoms with Crippen molar-refractivity contribution in [1.82, 2.24) is 9.80 Å². The lowest BCUT2D eigenvalue weighted by Crippen LogP contribution is -2.29. The number of phenolic OH excluding ortho intramolecular Hbond substituents is 2. The lowest BCUT2D eigenvalue weighted by Gasteiger charge is -2.23. The molecule has 28 heavy (non-hydrogen) atoms. The van der Waals surface area contributed by atoms with Crippen LogP contribution in [0.4, 0.5) is 0 Å². The highest BCUT2D eigenvalue weighted by atomic mass is 16.3. The monoisotopic (exact) mass is 376 g/mol. The molecule has 0 spiro atoms. The molecule has 0 atom stereocenters.